The fraction of sp³-hybridized carbons (Fsp3) is 0.316. The largest absolute Gasteiger partial charge is 0.468 e. The Morgan fingerprint density at radius 2 is 1.93 bits per heavy atom. The molecule has 0 saturated carbocycles. The first-order valence-electron chi connectivity index (χ1n) is 8.41. The number of anilines is 1. The summed E-state index contributed by atoms with van der Waals surface area (Å²) in [4.78, 5) is 40.8. The van der Waals surface area contributed by atoms with Crippen LogP contribution >= 0.6 is 11.3 Å². The summed E-state index contributed by atoms with van der Waals surface area (Å²) in [6, 6.07) is 8.38. The molecule has 2 saturated heterocycles. The van der Waals surface area contributed by atoms with Gasteiger partial charge < -0.3 is 4.74 Å². The second kappa shape index (κ2) is 6.24. The van der Waals surface area contributed by atoms with Gasteiger partial charge in [0.05, 0.1) is 30.7 Å². The number of nitrogens with one attached hydrogen (secondary N) is 1. The quantitative estimate of drug-likeness (QED) is 0.645. The highest BCUT2D eigenvalue weighted by Crippen LogP contribution is 2.50. The second-order valence-corrected chi connectivity index (χ2v) is 7.80. The molecule has 0 radical (unpaired) electrons. The first-order chi connectivity index (χ1) is 12.9. The number of methoxy groups -OCH3 is 1. The molecule has 0 spiro atoms. The van der Waals surface area contributed by atoms with Crippen LogP contribution in [0.2, 0.25) is 0 Å². The van der Waals surface area contributed by atoms with E-state index in [2.05, 4.69) is 5.32 Å². The highest BCUT2D eigenvalue weighted by molar-refractivity contribution is 7.10. The van der Waals surface area contributed by atoms with Crippen molar-refractivity contribution in [1.29, 1.82) is 0 Å². The summed E-state index contributed by atoms with van der Waals surface area (Å²) < 4.78 is 18.2. The number of imide groups is 1. The van der Waals surface area contributed by atoms with Gasteiger partial charge in [-0.2, -0.15) is 0 Å². The van der Waals surface area contributed by atoms with Gasteiger partial charge in [-0.05, 0) is 42.6 Å². The third-order valence-electron chi connectivity index (χ3n) is 5.33. The molecule has 2 aromatic rings. The van der Waals surface area contributed by atoms with E-state index < -0.39 is 47.0 Å². The first kappa shape index (κ1) is 17.8. The van der Waals surface area contributed by atoms with Crippen molar-refractivity contribution >= 4 is 34.8 Å². The van der Waals surface area contributed by atoms with Crippen molar-refractivity contribution in [3.63, 3.8) is 0 Å². The van der Waals surface area contributed by atoms with E-state index in [1.165, 1.54) is 42.7 Å². The number of thiophene rings is 1. The lowest BCUT2D eigenvalue weighted by molar-refractivity contribution is -0.151. The molecule has 2 aliphatic heterocycles. The van der Waals surface area contributed by atoms with Gasteiger partial charge in [0, 0.05) is 4.88 Å². The Balaban J connectivity index is 1.81. The molecule has 4 atom stereocenters. The number of esters is 1. The molecule has 0 aliphatic carbocycles. The number of halogens is 1. The molecule has 2 amide bonds. The Morgan fingerprint density at radius 1 is 1.22 bits per heavy atom. The van der Waals surface area contributed by atoms with Crippen molar-refractivity contribution in [3.8, 4) is 0 Å². The van der Waals surface area contributed by atoms with Crippen LogP contribution in [0.25, 0.3) is 0 Å². The van der Waals surface area contributed by atoms with E-state index in [0.717, 1.165) is 9.78 Å². The Labute approximate surface area is 158 Å². The zero-order valence-corrected chi connectivity index (χ0v) is 15.5. The highest BCUT2D eigenvalue weighted by Gasteiger charge is 2.67. The molecule has 8 heteroatoms. The fourth-order valence-corrected chi connectivity index (χ4v) is 4.92. The van der Waals surface area contributed by atoms with Gasteiger partial charge in [-0.1, -0.05) is 6.07 Å². The van der Waals surface area contributed by atoms with Crippen LogP contribution in [-0.2, 0) is 19.1 Å². The van der Waals surface area contributed by atoms with Crippen molar-refractivity contribution < 1.29 is 23.5 Å². The summed E-state index contributed by atoms with van der Waals surface area (Å²) in [6.45, 7) is 1.59. The molecule has 140 valence electrons. The number of carbonyl (C=O) groups excluding carboxylic acids is 3. The first-order valence-corrected chi connectivity index (χ1v) is 9.29. The normalized spacial score (nSPS) is 29.9. The summed E-state index contributed by atoms with van der Waals surface area (Å²) in [7, 11) is 1.25. The third kappa shape index (κ3) is 2.51. The molecule has 2 fully saturated rings. The monoisotopic (exact) mass is 388 g/mol. The average Bonchev–Trinajstić information content (AvgIpc) is 3.34. The number of benzene rings is 1. The predicted molar refractivity (Wildman–Crippen MR) is 96.5 cm³/mol. The summed E-state index contributed by atoms with van der Waals surface area (Å²) >= 11 is 1.45. The van der Waals surface area contributed by atoms with Crippen molar-refractivity contribution in [3.05, 3.63) is 52.5 Å². The zero-order chi connectivity index (χ0) is 19.3. The summed E-state index contributed by atoms with van der Waals surface area (Å²) in [5.41, 5.74) is -1.05. The van der Waals surface area contributed by atoms with Crippen LogP contribution < -0.4 is 10.2 Å². The van der Waals surface area contributed by atoms with E-state index in [9.17, 15) is 18.8 Å². The molecule has 6 nitrogen and oxygen atoms in total. The van der Waals surface area contributed by atoms with Crippen molar-refractivity contribution in [2.75, 3.05) is 12.0 Å². The topological polar surface area (TPSA) is 75.7 Å². The zero-order valence-electron chi connectivity index (χ0n) is 14.6. The number of fused-ring (bicyclic) bond motifs is 1. The maximum Gasteiger partial charge on any atom is 0.326 e. The van der Waals surface area contributed by atoms with Gasteiger partial charge in [0.1, 0.15) is 11.4 Å². The molecular formula is C19H17FN2O4S. The summed E-state index contributed by atoms with van der Waals surface area (Å²) in [5.74, 6) is -3.61. The van der Waals surface area contributed by atoms with E-state index in [0.29, 0.717) is 0 Å². The van der Waals surface area contributed by atoms with E-state index in [1.807, 2.05) is 17.5 Å². The number of hydrogen-bond donors (Lipinski definition) is 1. The SMILES string of the molecule is COC(=O)[C@]1(C)N[C@@H](c2cccs2)[C@H]2C(=O)N(c3ccc(F)cc3)C(=O)[C@H]21. The van der Waals surface area contributed by atoms with Crippen LogP contribution in [0.3, 0.4) is 0 Å². The molecule has 1 aromatic carbocycles. The molecule has 0 bridgehead atoms. The van der Waals surface area contributed by atoms with Gasteiger partial charge in [0.15, 0.2) is 0 Å². The minimum Gasteiger partial charge on any atom is -0.468 e. The average molecular weight is 388 g/mol. The standard InChI is InChI=1S/C19H17FN2O4S/c1-19(18(25)26-2)14-13(15(21-19)12-4-3-9-27-12)16(23)22(17(14)24)11-7-5-10(20)6-8-11/h3-9,13-15,21H,1-2H3/t13-,14-,15-,19+/m0/s1. The molecule has 2 aliphatic rings. The van der Waals surface area contributed by atoms with Gasteiger partial charge in [-0.15, -0.1) is 11.3 Å². The van der Waals surface area contributed by atoms with Crippen LogP contribution in [-0.4, -0.2) is 30.4 Å². The minimum atomic E-state index is -1.34. The van der Waals surface area contributed by atoms with Crippen LogP contribution in [0, 0.1) is 17.7 Å². The Hall–Kier alpha value is -2.58. The van der Waals surface area contributed by atoms with E-state index in [1.54, 1.807) is 6.92 Å². The Morgan fingerprint density at radius 3 is 2.52 bits per heavy atom. The van der Waals surface area contributed by atoms with Crippen LogP contribution in [0.15, 0.2) is 41.8 Å². The molecule has 1 N–H and O–H groups in total. The third-order valence-corrected chi connectivity index (χ3v) is 6.29. The van der Waals surface area contributed by atoms with Gasteiger partial charge in [-0.3, -0.25) is 19.7 Å². The smallest absolute Gasteiger partial charge is 0.326 e. The number of amides is 2. The van der Waals surface area contributed by atoms with E-state index in [-0.39, 0.29) is 5.69 Å². The number of nitrogens with zero attached hydrogens (tertiary/aromatic N) is 1. The lowest BCUT2D eigenvalue weighted by Gasteiger charge is -2.28. The van der Waals surface area contributed by atoms with Gasteiger partial charge >= 0.3 is 5.97 Å². The number of ether oxygens (including phenoxy) is 1. The number of hydrogen-bond acceptors (Lipinski definition) is 6. The van der Waals surface area contributed by atoms with Gasteiger partial charge in [-0.25, -0.2) is 9.29 Å². The molecule has 27 heavy (non-hydrogen) atoms. The van der Waals surface area contributed by atoms with E-state index >= 15 is 0 Å². The minimum absolute atomic E-state index is 0.290. The van der Waals surface area contributed by atoms with Crippen LogP contribution in [0.5, 0.6) is 0 Å². The molecule has 3 heterocycles. The molecular weight excluding hydrogens is 371 g/mol. The fourth-order valence-electron chi connectivity index (χ4n) is 4.10. The highest BCUT2D eigenvalue weighted by atomic mass is 32.1. The number of rotatable bonds is 3. The molecule has 0 unspecified atom stereocenters. The Kier molecular flexibility index (Phi) is 4.12. The van der Waals surface area contributed by atoms with Crippen molar-refractivity contribution in [2.45, 2.75) is 18.5 Å². The van der Waals surface area contributed by atoms with E-state index in [4.69, 9.17) is 4.74 Å². The van der Waals surface area contributed by atoms with Gasteiger partial charge in [0.25, 0.3) is 0 Å². The second-order valence-electron chi connectivity index (χ2n) is 6.82. The van der Waals surface area contributed by atoms with Crippen LogP contribution in [0.4, 0.5) is 10.1 Å². The van der Waals surface area contributed by atoms with Gasteiger partial charge in [0.2, 0.25) is 11.8 Å². The Bertz CT molecular complexity index is 914. The lowest BCUT2D eigenvalue weighted by Crippen LogP contribution is -2.54. The lowest BCUT2D eigenvalue weighted by atomic mass is 9.81. The van der Waals surface area contributed by atoms with Crippen LogP contribution in [0.1, 0.15) is 17.8 Å². The maximum absolute atomic E-state index is 13.3. The summed E-state index contributed by atoms with van der Waals surface area (Å²) in [5, 5.41) is 5.05. The summed E-state index contributed by atoms with van der Waals surface area (Å²) in [6.07, 6.45) is 0. The molecule has 4 rings (SSSR count). The maximum atomic E-state index is 13.3. The number of carbonyl (C=O) groups is 3. The van der Waals surface area contributed by atoms with Crippen molar-refractivity contribution in [1.82, 2.24) is 5.32 Å². The van der Waals surface area contributed by atoms with Crippen molar-refractivity contribution in [2.24, 2.45) is 11.8 Å². The predicted octanol–water partition coefficient (Wildman–Crippen LogP) is 2.27. The molecule has 1 aromatic heterocycles.